The van der Waals surface area contributed by atoms with Gasteiger partial charge in [0.25, 0.3) is 5.91 Å². The van der Waals surface area contributed by atoms with E-state index in [2.05, 4.69) is 30.7 Å². The number of ether oxygens (including phenoxy) is 2. The number of amides is 1. The quantitative estimate of drug-likeness (QED) is 0.283. The molecule has 11 heteroatoms. The Morgan fingerprint density at radius 1 is 0.976 bits per heavy atom. The standard InChI is InChI=1S/C31H38N4O6S/c1-21-20-34(16-17-35(21)42(38,39)25-14-12-24(13-15-25)31(3,4)5)29(36)27-26(30(37)41-19-18-40-6)22(2)32-28(33-27)23-10-8-7-9-11-23/h7-15,21H,16-20H2,1-6H3. The molecule has 224 valence electrons. The summed E-state index contributed by atoms with van der Waals surface area (Å²) < 4.78 is 38.8. The summed E-state index contributed by atoms with van der Waals surface area (Å²) in [5.41, 5.74) is 1.84. The maximum Gasteiger partial charge on any atom is 0.342 e. The summed E-state index contributed by atoms with van der Waals surface area (Å²) in [6.45, 7) is 10.2. The highest BCUT2D eigenvalue weighted by molar-refractivity contribution is 7.89. The van der Waals surface area contributed by atoms with Crippen LogP contribution in [-0.4, -0.2) is 85.5 Å². The number of carbonyl (C=O) groups excluding carboxylic acids is 2. The van der Waals surface area contributed by atoms with Gasteiger partial charge in [0.1, 0.15) is 17.9 Å². The van der Waals surface area contributed by atoms with E-state index in [4.69, 9.17) is 9.47 Å². The normalized spacial score (nSPS) is 16.3. The van der Waals surface area contributed by atoms with Gasteiger partial charge in [-0.3, -0.25) is 4.79 Å². The molecule has 1 aliphatic rings. The minimum absolute atomic E-state index is 0.00708. The molecule has 2 heterocycles. The van der Waals surface area contributed by atoms with E-state index >= 15 is 0 Å². The van der Waals surface area contributed by atoms with Gasteiger partial charge in [-0.15, -0.1) is 0 Å². The van der Waals surface area contributed by atoms with Gasteiger partial charge in [0.2, 0.25) is 10.0 Å². The predicted octanol–water partition coefficient (Wildman–Crippen LogP) is 4.09. The van der Waals surface area contributed by atoms with Crippen molar-refractivity contribution in [3.8, 4) is 11.4 Å². The first kappa shape index (κ1) is 31.3. The zero-order valence-electron chi connectivity index (χ0n) is 25.0. The van der Waals surface area contributed by atoms with E-state index in [1.165, 1.54) is 16.3 Å². The number of aromatic nitrogens is 2. The van der Waals surface area contributed by atoms with Crippen LogP contribution in [0.1, 0.15) is 59.8 Å². The number of nitrogens with zero attached hydrogens (tertiary/aromatic N) is 4. The van der Waals surface area contributed by atoms with Crippen LogP contribution in [0, 0.1) is 6.92 Å². The van der Waals surface area contributed by atoms with Gasteiger partial charge in [-0.1, -0.05) is 63.2 Å². The average Bonchev–Trinajstić information content (AvgIpc) is 2.96. The van der Waals surface area contributed by atoms with Gasteiger partial charge in [-0.05, 0) is 37.0 Å². The van der Waals surface area contributed by atoms with Gasteiger partial charge in [0.05, 0.1) is 17.2 Å². The molecular weight excluding hydrogens is 556 g/mol. The van der Waals surface area contributed by atoms with Crippen molar-refractivity contribution >= 4 is 21.9 Å². The lowest BCUT2D eigenvalue weighted by atomic mass is 9.87. The minimum Gasteiger partial charge on any atom is -0.460 e. The maximum atomic E-state index is 13.9. The average molecular weight is 595 g/mol. The second-order valence-electron chi connectivity index (χ2n) is 11.3. The highest BCUT2D eigenvalue weighted by Crippen LogP contribution is 2.27. The van der Waals surface area contributed by atoms with Gasteiger partial charge in [0, 0.05) is 38.3 Å². The number of rotatable bonds is 8. The lowest BCUT2D eigenvalue weighted by Gasteiger charge is -2.39. The number of methoxy groups -OCH3 is 1. The molecule has 1 amide bonds. The Labute approximate surface area is 247 Å². The number of sulfonamides is 1. The summed E-state index contributed by atoms with van der Waals surface area (Å²) in [4.78, 5) is 37.8. The molecule has 3 aromatic rings. The molecule has 1 saturated heterocycles. The van der Waals surface area contributed by atoms with Crippen LogP contribution in [0.2, 0.25) is 0 Å². The van der Waals surface area contributed by atoms with Gasteiger partial charge >= 0.3 is 5.97 Å². The molecule has 0 radical (unpaired) electrons. The molecule has 1 atom stereocenters. The molecule has 0 N–H and O–H groups in total. The molecule has 2 aromatic carbocycles. The molecule has 1 fully saturated rings. The third kappa shape index (κ3) is 6.69. The number of benzene rings is 2. The van der Waals surface area contributed by atoms with Crippen molar-refractivity contribution in [3.05, 3.63) is 77.1 Å². The molecule has 0 spiro atoms. The van der Waals surface area contributed by atoms with E-state index in [0.29, 0.717) is 17.1 Å². The van der Waals surface area contributed by atoms with Gasteiger partial charge in [-0.25, -0.2) is 23.2 Å². The smallest absolute Gasteiger partial charge is 0.342 e. The van der Waals surface area contributed by atoms with Crippen LogP contribution in [0.15, 0.2) is 59.5 Å². The van der Waals surface area contributed by atoms with Crippen molar-refractivity contribution in [2.24, 2.45) is 0 Å². The molecular formula is C31H38N4O6S. The van der Waals surface area contributed by atoms with Gasteiger partial charge < -0.3 is 14.4 Å². The lowest BCUT2D eigenvalue weighted by molar-refractivity contribution is 0.0379. The Bertz CT molecular complexity index is 1540. The zero-order chi connectivity index (χ0) is 30.7. The van der Waals surface area contributed by atoms with E-state index in [1.807, 2.05) is 42.5 Å². The third-order valence-electron chi connectivity index (χ3n) is 7.23. The van der Waals surface area contributed by atoms with Crippen LogP contribution in [0.5, 0.6) is 0 Å². The number of hydrogen-bond acceptors (Lipinski definition) is 8. The summed E-state index contributed by atoms with van der Waals surface area (Å²) in [5, 5.41) is 0. The van der Waals surface area contributed by atoms with E-state index in [1.54, 1.807) is 26.0 Å². The van der Waals surface area contributed by atoms with Gasteiger partial charge in [-0.2, -0.15) is 4.31 Å². The fraction of sp³-hybridized carbons (Fsp3) is 0.419. The van der Waals surface area contributed by atoms with Crippen LogP contribution < -0.4 is 0 Å². The number of esters is 1. The van der Waals surface area contributed by atoms with Crippen LogP contribution in [0.4, 0.5) is 0 Å². The highest BCUT2D eigenvalue weighted by Gasteiger charge is 2.37. The lowest BCUT2D eigenvalue weighted by Crippen LogP contribution is -2.55. The Balaban J connectivity index is 1.61. The van der Waals surface area contributed by atoms with Crippen LogP contribution in [0.25, 0.3) is 11.4 Å². The van der Waals surface area contributed by atoms with Gasteiger partial charge in [0.15, 0.2) is 5.82 Å². The monoisotopic (exact) mass is 594 g/mol. The second kappa shape index (κ2) is 12.7. The Morgan fingerprint density at radius 3 is 2.24 bits per heavy atom. The van der Waals surface area contributed by atoms with E-state index in [0.717, 1.165) is 5.56 Å². The Kier molecular flexibility index (Phi) is 9.44. The number of hydrogen-bond donors (Lipinski definition) is 0. The van der Waals surface area contributed by atoms with E-state index in [-0.39, 0.29) is 54.4 Å². The van der Waals surface area contributed by atoms with Crippen LogP contribution >= 0.6 is 0 Å². The number of carbonyl (C=O) groups is 2. The molecule has 1 unspecified atom stereocenters. The van der Waals surface area contributed by atoms with Crippen LogP contribution in [-0.2, 0) is 24.9 Å². The topological polar surface area (TPSA) is 119 Å². The van der Waals surface area contributed by atoms with Crippen molar-refractivity contribution in [1.29, 1.82) is 0 Å². The van der Waals surface area contributed by atoms with Crippen molar-refractivity contribution in [3.63, 3.8) is 0 Å². The molecule has 0 saturated carbocycles. The van der Waals surface area contributed by atoms with Crippen molar-refractivity contribution in [2.45, 2.75) is 51.0 Å². The maximum absolute atomic E-state index is 13.9. The van der Waals surface area contributed by atoms with E-state index in [9.17, 15) is 18.0 Å². The summed E-state index contributed by atoms with van der Waals surface area (Å²) >= 11 is 0. The molecule has 0 bridgehead atoms. The molecule has 42 heavy (non-hydrogen) atoms. The molecule has 10 nitrogen and oxygen atoms in total. The molecule has 4 rings (SSSR count). The molecule has 0 aliphatic carbocycles. The van der Waals surface area contributed by atoms with Crippen molar-refractivity contribution in [1.82, 2.24) is 19.2 Å². The highest BCUT2D eigenvalue weighted by atomic mass is 32.2. The largest absolute Gasteiger partial charge is 0.460 e. The SMILES string of the molecule is COCCOC(=O)c1c(C)nc(-c2ccccc2)nc1C(=O)N1CCN(S(=O)(=O)c2ccc(C(C)(C)C)cc2)C(C)C1. The molecule has 1 aliphatic heterocycles. The minimum atomic E-state index is -3.79. The first-order valence-electron chi connectivity index (χ1n) is 13.9. The first-order chi connectivity index (χ1) is 19.8. The second-order valence-corrected chi connectivity index (χ2v) is 13.2. The first-order valence-corrected chi connectivity index (χ1v) is 15.3. The fourth-order valence-electron chi connectivity index (χ4n) is 4.87. The summed E-state index contributed by atoms with van der Waals surface area (Å²) in [7, 11) is -2.29. The van der Waals surface area contributed by atoms with Crippen molar-refractivity contribution in [2.75, 3.05) is 40.0 Å². The van der Waals surface area contributed by atoms with Crippen LogP contribution in [0.3, 0.4) is 0 Å². The number of piperazine rings is 1. The third-order valence-corrected chi connectivity index (χ3v) is 9.26. The van der Waals surface area contributed by atoms with Crippen molar-refractivity contribution < 1.29 is 27.5 Å². The zero-order valence-corrected chi connectivity index (χ0v) is 25.8. The Morgan fingerprint density at radius 2 is 1.64 bits per heavy atom. The summed E-state index contributed by atoms with van der Waals surface area (Å²) in [5.74, 6) is -0.909. The summed E-state index contributed by atoms with van der Waals surface area (Å²) in [6, 6.07) is 15.6. The Hall–Kier alpha value is -3.67. The number of aryl methyl sites for hydroxylation is 1. The molecule has 1 aromatic heterocycles. The summed E-state index contributed by atoms with van der Waals surface area (Å²) in [6.07, 6.45) is 0. The van der Waals surface area contributed by atoms with E-state index < -0.39 is 27.9 Å². The fourth-order valence-corrected chi connectivity index (χ4v) is 6.49. The predicted molar refractivity (Wildman–Crippen MR) is 159 cm³/mol.